The Morgan fingerprint density at radius 2 is 2.42 bits per heavy atom. The van der Waals surface area contributed by atoms with Gasteiger partial charge >= 0.3 is 0 Å². The van der Waals surface area contributed by atoms with E-state index < -0.39 is 0 Å². The molecular formula is C10H11NO. The minimum absolute atomic E-state index is 0.0656. The number of nitrogens with zero attached hydrogens (tertiary/aromatic N) is 1. The Hall–Kier alpha value is -1.23. The molecule has 0 saturated heterocycles. The monoisotopic (exact) mass is 161 g/mol. The van der Waals surface area contributed by atoms with Crippen molar-refractivity contribution >= 4 is 0 Å². The van der Waals surface area contributed by atoms with Gasteiger partial charge in [-0.1, -0.05) is 6.42 Å². The Morgan fingerprint density at radius 1 is 1.58 bits per heavy atom. The minimum Gasteiger partial charge on any atom is -0.472 e. The molecule has 0 N–H and O–H groups in total. The fourth-order valence-electron chi connectivity index (χ4n) is 1.72. The smallest absolute Gasteiger partial charge is 0.0935 e. The molecule has 0 unspecified atom stereocenters. The molecule has 0 spiro atoms. The van der Waals surface area contributed by atoms with Crippen LogP contribution in [-0.2, 0) is 6.42 Å². The second-order valence-corrected chi connectivity index (χ2v) is 3.55. The molecule has 2 nitrogen and oxygen atoms in total. The maximum atomic E-state index is 8.95. The molecule has 1 aliphatic rings. The van der Waals surface area contributed by atoms with Crippen molar-refractivity contribution in [1.82, 2.24) is 0 Å². The fourth-order valence-corrected chi connectivity index (χ4v) is 1.72. The molecule has 1 saturated carbocycles. The van der Waals surface area contributed by atoms with Crippen molar-refractivity contribution in [2.45, 2.75) is 25.7 Å². The van der Waals surface area contributed by atoms with Crippen LogP contribution in [0.1, 0.15) is 24.8 Å². The first-order chi connectivity index (χ1) is 5.85. The van der Waals surface area contributed by atoms with Crippen molar-refractivity contribution in [2.75, 3.05) is 0 Å². The van der Waals surface area contributed by atoms with Gasteiger partial charge in [0, 0.05) is 0 Å². The van der Waals surface area contributed by atoms with Crippen LogP contribution in [0.3, 0.4) is 0 Å². The van der Waals surface area contributed by atoms with Crippen molar-refractivity contribution in [3.8, 4) is 6.07 Å². The maximum Gasteiger partial charge on any atom is 0.0935 e. The largest absolute Gasteiger partial charge is 0.472 e. The molecule has 1 heterocycles. The Labute approximate surface area is 71.8 Å². The molecule has 2 heteroatoms. The molecule has 1 fully saturated rings. The first kappa shape index (κ1) is 7.42. The van der Waals surface area contributed by atoms with E-state index in [0.717, 1.165) is 24.8 Å². The first-order valence-electron chi connectivity index (χ1n) is 4.27. The molecule has 0 amide bonds. The number of hydrogen-bond donors (Lipinski definition) is 0. The molecule has 0 bridgehead atoms. The zero-order chi connectivity index (χ0) is 8.44. The van der Waals surface area contributed by atoms with Gasteiger partial charge in [0.2, 0.25) is 0 Å². The summed E-state index contributed by atoms with van der Waals surface area (Å²) in [5.41, 5.74) is 1.08. The predicted molar refractivity (Wildman–Crippen MR) is 44.3 cm³/mol. The first-order valence-corrected chi connectivity index (χ1v) is 4.27. The molecule has 1 aliphatic carbocycles. The van der Waals surface area contributed by atoms with E-state index in [4.69, 9.17) is 9.68 Å². The van der Waals surface area contributed by atoms with E-state index >= 15 is 0 Å². The van der Waals surface area contributed by atoms with Crippen molar-refractivity contribution < 1.29 is 4.42 Å². The topological polar surface area (TPSA) is 36.9 Å². The number of hydrogen-bond acceptors (Lipinski definition) is 2. The Bertz CT molecular complexity index is 290. The summed E-state index contributed by atoms with van der Waals surface area (Å²) in [4.78, 5) is 0. The summed E-state index contributed by atoms with van der Waals surface area (Å²) >= 11 is 0. The number of furan rings is 1. The Balaban J connectivity index is 2.08. The summed E-state index contributed by atoms with van der Waals surface area (Å²) in [6, 6.07) is 4.35. The average molecular weight is 161 g/mol. The molecule has 2 rings (SSSR count). The third-order valence-electron chi connectivity index (χ3n) is 2.67. The van der Waals surface area contributed by atoms with Gasteiger partial charge in [-0.3, -0.25) is 0 Å². The van der Waals surface area contributed by atoms with Crippen molar-refractivity contribution in [1.29, 1.82) is 5.26 Å². The zero-order valence-electron chi connectivity index (χ0n) is 6.92. The van der Waals surface area contributed by atoms with Crippen LogP contribution in [0.15, 0.2) is 23.0 Å². The lowest BCUT2D eigenvalue weighted by atomic mass is 9.67. The number of nitriles is 1. The van der Waals surface area contributed by atoms with Crippen LogP contribution < -0.4 is 0 Å². The van der Waals surface area contributed by atoms with Gasteiger partial charge in [-0.25, -0.2) is 0 Å². The molecule has 0 aliphatic heterocycles. The molecular weight excluding hydrogens is 150 g/mol. The van der Waals surface area contributed by atoms with Crippen LogP contribution in [0.4, 0.5) is 0 Å². The third-order valence-corrected chi connectivity index (χ3v) is 2.67. The molecule has 0 aromatic carbocycles. The highest BCUT2D eigenvalue weighted by atomic mass is 16.3. The zero-order valence-corrected chi connectivity index (χ0v) is 6.92. The van der Waals surface area contributed by atoms with Crippen LogP contribution in [0.25, 0.3) is 0 Å². The summed E-state index contributed by atoms with van der Waals surface area (Å²) in [6.45, 7) is 0. The summed E-state index contributed by atoms with van der Waals surface area (Å²) in [5.74, 6) is 0. The maximum absolute atomic E-state index is 8.95. The standard InChI is InChI=1S/C10H11NO/c11-8-10(3-1-4-10)6-9-2-5-12-7-9/h2,5,7H,1,3-4,6H2. The fraction of sp³-hybridized carbons (Fsp3) is 0.500. The molecule has 0 radical (unpaired) electrons. The van der Waals surface area contributed by atoms with Crippen LogP contribution in [-0.4, -0.2) is 0 Å². The predicted octanol–water partition coefficient (Wildman–Crippen LogP) is 2.52. The van der Waals surface area contributed by atoms with Gasteiger partial charge in [-0.15, -0.1) is 0 Å². The van der Waals surface area contributed by atoms with Gasteiger partial charge in [0.1, 0.15) is 0 Å². The van der Waals surface area contributed by atoms with Crippen LogP contribution in [0.5, 0.6) is 0 Å². The second kappa shape index (κ2) is 2.67. The molecule has 62 valence electrons. The summed E-state index contributed by atoms with van der Waals surface area (Å²) < 4.78 is 4.96. The quantitative estimate of drug-likeness (QED) is 0.668. The van der Waals surface area contributed by atoms with E-state index in [2.05, 4.69) is 6.07 Å². The lowest BCUT2D eigenvalue weighted by molar-refractivity contribution is 0.213. The van der Waals surface area contributed by atoms with E-state index in [9.17, 15) is 0 Å². The van der Waals surface area contributed by atoms with Crippen LogP contribution >= 0.6 is 0 Å². The SMILES string of the molecule is N#CC1(Cc2ccoc2)CCC1. The van der Waals surface area contributed by atoms with Crippen LogP contribution in [0.2, 0.25) is 0 Å². The highest BCUT2D eigenvalue weighted by molar-refractivity contribution is 5.16. The Morgan fingerprint density at radius 3 is 2.83 bits per heavy atom. The van der Waals surface area contributed by atoms with Gasteiger partial charge in [-0.2, -0.15) is 5.26 Å². The Kier molecular flexibility index (Phi) is 1.65. The summed E-state index contributed by atoms with van der Waals surface area (Å²) in [6.07, 6.45) is 7.56. The molecule has 12 heavy (non-hydrogen) atoms. The lowest BCUT2D eigenvalue weighted by Crippen LogP contribution is -2.29. The average Bonchev–Trinajstić information content (AvgIpc) is 2.49. The summed E-state index contributed by atoms with van der Waals surface area (Å²) in [7, 11) is 0. The number of rotatable bonds is 2. The van der Waals surface area contributed by atoms with Gasteiger partial charge in [0.05, 0.1) is 24.0 Å². The van der Waals surface area contributed by atoms with E-state index in [0.29, 0.717) is 0 Å². The van der Waals surface area contributed by atoms with E-state index in [1.807, 2.05) is 6.07 Å². The summed E-state index contributed by atoms with van der Waals surface area (Å²) in [5, 5.41) is 8.95. The third kappa shape index (κ3) is 1.12. The van der Waals surface area contributed by atoms with Gasteiger partial charge < -0.3 is 4.42 Å². The highest BCUT2D eigenvalue weighted by Gasteiger charge is 2.37. The second-order valence-electron chi connectivity index (χ2n) is 3.55. The van der Waals surface area contributed by atoms with E-state index in [1.54, 1.807) is 12.5 Å². The minimum atomic E-state index is -0.0656. The van der Waals surface area contributed by atoms with Crippen molar-refractivity contribution in [3.05, 3.63) is 24.2 Å². The normalized spacial score (nSPS) is 19.6. The molecule has 1 aromatic heterocycles. The van der Waals surface area contributed by atoms with E-state index in [-0.39, 0.29) is 5.41 Å². The van der Waals surface area contributed by atoms with Crippen LogP contribution in [0, 0.1) is 16.7 Å². The van der Waals surface area contributed by atoms with E-state index in [1.165, 1.54) is 6.42 Å². The van der Waals surface area contributed by atoms with Gasteiger partial charge in [-0.05, 0) is 30.9 Å². The lowest BCUT2D eigenvalue weighted by Gasteiger charge is -2.34. The van der Waals surface area contributed by atoms with Crippen molar-refractivity contribution in [2.24, 2.45) is 5.41 Å². The highest BCUT2D eigenvalue weighted by Crippen LogP contribution is 2.42. The molecule has 1 aromatic rings. The molecule has 0 atom stereocenters. The van der Waals surface area contributed by atoms with Gasteiger partial charge in [0.25, 0.3) is 0 Å². The van der Waals surface area contributed by atoms with Crippen molar-refractivity contribution in [3.63, 3.8) is 0 Å². The van der Waals surface area contributed by atoms with Gasteiger partial charge in [0.15, 0.2) is 0 Å².